The van der Waals surface area contributed by atoms with Gasteiger partial charge in [-0.05, 0) is 62.6 Å². The van der Waals surface area contributed by atoms with Crippen LogP contribution >= 0.6 is 11.8 Å². The number of piperidine rings is 1. The number of nitrogens with one attached hydrogen (secondary N) is 1. The molecular formula is C20H23N3O3S. The number of carbonyl (C=O) groups excluding carboxylic acids is 1. The number of nitrogens with zero attached hydrogens (tertiary/aromatic N) is 2. The molecule has 0 aromatic heterocycles. The second-order valence-electron chi connectivity index (χ2n) is 6.59. The molecule has 7 heteroatoms. The number of carbonyl (C=O) groups is 1. The van der Waals surface area contributed by atoms with Gasteiger partial charge >= 0.3 is 0 Å². The highest BCUT2D eigenvalue weighted by Crippen LogP contribution is 2.27. The van der Waals surface area contributed by atoms with Crippen LogP contribution in [0.3, 0.4) is 0 Å². The van der Waals surface area contributed by atoms with E-state index in [4.69, 9.17) is 0 Å². The first-order valence-corrected chi connectivity index (χ1v) is 9.98. The van der Waals surface area contributed by atoms with Gasteiger partial charge in [0.1, 0.15) is 0 Å². The molecule has 2 aromatic carbocycles. The molecule has 0 aliphatic carbocycles. The number of rotatable bonds is 6. The van der Waals surface area contributed by atoms with Crippen molar-refractivity contribution >= 4 is 34.7 Å². The number of hydrogen-bond donors (Lipinski definition) is 1. The van der Waals surface area contributed by atoms with Gasteiger partial charge in [0.05, 0.1) is 10.2 Å². The van der Waals surface area contributed by atoms with Crippen LogP contribution in [0.2, 0.25) is 0 Å². The van der Waals surface area contributed by atoms with Crippen molar-refractivity contribution in [3.05, 3.63) is 58.6 Å². The van der Waals surface area contributed by atoms with Crippen LogP contribution in [0, 0.1) is 10.1 Å². The number of anilines is 2. The molecule has 1 amide bonds. The first kappa shape index (κ1) is 19.2. The maximum absolute atomic E-state index is 12.4. The Labute approximate surface area is 163 Å². The Hall–Kier alpha value is -2.54. The SMILES string of the molecule is C[C@H](Sc1ccc([N+](=O)[O-])cc1)C(=O)Nc1ccc(N2CCCCC2)cc1. The van der Waals surface area contributed by atoms with E-state index < -0.39 is 4.92 Å². The molecule has 1 fully saturated rings. The fourth-order valence-electron chi connectivity index (χ4n) is 3.06. The van der Waals surface area contributed by atoms with Crippen LogP contribution in [0.1, 0.15) is 26.2 Å². The van der Waals surface area contributed by atoms with E-state index in [1.54, 1.807) is 12.1 Å². The minimum absolute atomic E-state index is 0.0465. The Morgan fingerprint density at radius 1 is 1.07 bits per heavy atom. The Morgan fingerprint density at radius 3 is 2.30 bits per heavy atom. The highest BCUT2D eigenvalue weighted by Gasteiger charge is 2.16. The van der Waals surface area contributed by atoms with Crippen LogP contribution < -0.4 is 10.2 Å². The van der Waals surface area contributed by atoms with Crippen molar-refractivity contribution in [1.29, 1.82) is 0 Å². The van der Waals surface area contributed by atoms with Gasteiger partial charge in [-0.1, -0.05) is 0 Å². The fourth-order valence-corrected chi connectivity index (χ4v) is 3.92. The molecule has 0 unspecified atom stereocenters. The Morgan fingerprint density at radius 2 is 1.70 bits per heavy atom. The molecular weight excluding hydrogens is 362 g/mol. The molecule has 1 atom stereocenters. The molecule has 142 valence electrons. The first-order valence-electron chi connectivity index (χ1n) is 9.10. The van der Waals surface area contributed by atoms with E-state index in [0.717, 1.165) is 23.7 Å². The number of non-ortho nitro benzene ring substituents is 1. The summed E-state index contributed by atoms with van der Waals surface area (Å²) in [4.78, 5) is 25.9. The number of hydrogen-bond acceptors (Lipinski definition) is 5. The molecule has 3 rings (SSSR count). The van der Waals surface area contributed by atoms with Gasteiger partial charge in [-0.2, -0.15) is 0 Å². The zero-order valence-electron chi connectivity index (χ0n) is 15.3. The van der Waals surface area contributed by atoms with Crippen molar-refractivity contribution < 1.29 is 9.72 Å². The summed E-state index contributed by atoms with van der Waals surface area (Å²) in [7, 11) is 0. The summed E-state index contributed by atoms with van der Waals surface area (Å²) < 4.78 is 0. The van der Waals surface area contributed by atoms with E-state index >= 15 is 0 Å². The van der Waals surface area contributed by atoms with Crippen molar-refractivity contribution in [2.24, 2.45) is 0 Å². The standard InChI is InChI=1S/C20H23N3O3S/c1-15(27-19-11-9-18(10-12-19)23(25)26)20(24)21-16-5-7-17(8-6-16)22-13-3-2-4-14-22/h5-12,15H,2-4,13-14H2,1H3,(H,21,24)/t15-/m0/s1. The van der Waals surface area contributed by atoms with Crippen molar-refractivity contribution in [2.45, 2.75) is 36.3 Å². The lowest BCUT2D eigenvalue weighted by atomic mass is 10.1. The van der Waals surface area contributed by atoms with Crippen LogP contribution in [0.25, 0.3) is 0 Å². The molecule has 1 saturated heterocycles. The van der Waals surface area contributed by atoms with Gasteiger partial charge < -0.3 is 10.2 Å². The smallest absolute Gasteiger partial charge is 0.269 e. The largest absolute Gasteiger partial charge is 0.372 e. The van der Waals surface area contributed by atoms with Crippen LogP contribution in [0.4, 0.5) is 17.1 Å². The molecule has 2 aromatic rings. The van der Waals surface area contributed by atoms with Crippen molar-refractivity contribution in [2.75, 3.05) is 23.3 Å². The second-order valence-corrected chi connectivity index (χ2v) is 8.01. The first-order chi connectivity index (χ1) is 13.0. The maximum Gasteiger partial charge on any atom is 0.269 e. The van der Waals surface area contributed by atoms with Gasteiger partial charge in [-0.3, -0.25) is 14.9 Å². The molecule has 1 heterocycles. The zero-order valence-corrected chi connectivity index (χ0v) is 16.1. The quantitative estimate of drug-likeness (QED) is 0.443. The number of nitro benzene ring substituents is 1. The summed E-state index contributed by atoms with van der Waals surface area (Å²) in [6.07, 6.45) is 3.76. The van der Waals surface area contributed by atoms with E-state index in [1.807, 2.05) is 19.1 Å². The number of nitro groups is 1. The molecule has 0 spiro atoms. The summed E-state index contributed by atoms with van der Waals surface area (Å²) >= 11 is 1.37. The van der Waals surface area contributed by atoms with Crippen molar-refractivity contribution in [3.8, 4) is 0 Å². The minimum atomic E-state index is -0.432. The Balaban J connectivity index is 1.55. The molecule has 0 saturated carbocycles. The lowest BCUT2D eigenvalue weighted by molar-refractivity contribution is -0.384. The number of benzene rings is 2. The monoisotopic (exact) mass is 385 g/mol. The maximum atomic E-state index is 12.4. The lowest BCUT2D eigenvalue weighted by Gasteiger charge is -2.28. The van der Waals surface area contributed by atoms with Crippen LogP contribution in [-0.4, -0.2) is 29.2 Å². The average Bonchev–Trinajstić information content (AvgIpc) is 2.69. The van der Waals surface area contributed by atoms with Crippen molar-refractivity contribution in [1.82, 2.24) is 0 Å². The second kappa shape index (κ2) is 8.90. The summed E-state index contributed by atoms with van der Waals surface area (Å²) in [5.41, 5.74) is 2.02. The fraction of sp³-hybridized carbons (Fsp3) is 0.350. The molecule has 27 heavy (non-hydrogen) atoms. The van der Waals surface area contributed by atoms with Gasteiger partial charge in [0.25, 0.3) is 5.69 Å². The normalized spacial score (nSPS) is 15.2. The highest BCUT2D eigenvalue weighted by atomic mass is 32.2. The van der Waals surface area contributed by atoms with Gasteiger partial charge in [0.15, 0.2) is 0 Å². The van der Waals surface area contributed by atoms with E-state index in [0.29, 0.717) is 0 Å². The topological polar surface area (TPSA) is 75.5 Å². The minimum Gasteiger partial charge on any atom is -0.372 e. The summed E-state index contributed by atoms with van der Waals surface area (Å²) in [6, 6.07) is 14.2. The summed E-state index contributed by atoms with van der Waals surface area (Å²) in [5.74, 6) is -0.0934. The van der Waals surface area contributed by atoms with Gasteiger partial charge in [0.2, 0.25) is 5.91 Å². The van der Waals surface area contributed by atoms with Crippen LogP contribution in [0.5, 0.6) is 0 Å². The van der Waals surface area contributed by atoms with E-state index in [2.05, 4.69) is 22.3 Å². The van der Waals surface area contributed by atoms with Crippen LogP contribution in [-0.2, 0) is 4.79 Å². The molecule has 1 aliphatic rings. The summed E-state index contributed by atoms with van der Waals surface area (Å²) in [6.45, 7) is 4.01. The third kappa shape index (κ3) is 5.23. The van der Waals surface area contributed by atoms with Gasteiger partial charge in [-0.15, -0.1) is 11.8 Å². The van der Waals surface area contributed by atoms with E-state index in [-0.39, 0.29) is 16.8 Å². The van der Waals surface area contributed by atoms with E-state index in [1.165, 1.54) is 48.8 Å². The molecule has 0 bridgehead atoms. The van der Waals surface area contributed by atoms with Gasteiger partial charge in [0, 0.05) is 41.5 Å². The molecule has 6 nitrogen and oxygen atoms in total. The molecule has 1 aliphatic heterocycles. The Bertz CT molecular complexity index is 787. The van der Waals surface area contributed by atoms with E-state index in [9.17, 15) is 14.9 Å². The molecule has 1 N–H and O–H groups in total. The summed E-state index contributed by atoms with van der Waals surface area (Å²) in [5, 5.41) is 13.3. The predicted octanol–water partition coefficient (Wildman–Crippen LogP) is 4.70. The lowest BCUT2D eigenvalue weighted by Crippen LogP contribution is -2.29. The number of amides is 1. The molecule has 0 radical (unpaired) electrons. The Kier molecular flexibility index (Phi) is 6.34. The highest BCUT2D eigenvalue weighted by molar-refractivity contribution is 8.00. The van der Waals surface area contributed by atoms with Crippen molar-refractivity contribution in [3.63, 3.8) is 0 Å². The number of thioether (sulfide) groups is 1. The zero-order chi connectivity index (χ0) is 19.2. The third-order valence-electron chi connectivity index (χ3n) is 4.59. The third-order valence-corrected chi connectivity index (χ3v) is 5.70. The predicted molar refractivity (Wildman–Crippen MR) is 110 cm³/mol. The average molecular weight is 385 g/mol. The van der Waals surface area contributed by atoms with Gasteiger partial charge in [-0.25, -0.2) is 0 Å². The van der Waals surface area contributed by atoms with Crippen LogP contribution in [0.15, 0.2) is 53.4 Å².